The fourth-order valence-corrected chi connectivity index (χ4v) is 5.16. The molecule has 0 spiro atoms. The minimum Gasteiger partial charge on any atom is -0.354 e. The molecular weight excluding hydrogens is 512 g/mol. The number of amides is 2. The molecular formula is C30H33ClN6O2. The number of piperazine rings is 1. The molecule has 0 saturated carbocycles. The Balaban J connectivity index is 1.33. The average molecular weight is 545 g/mol. The largest absolute Gasteiger partial charge is 0.354 e. The maximum atomic E-state index is 13.1. The summed E-state index contributed by atoms with van der Waals surface area (Å²) in [6.07, 6.45) is 0. The lowest BCUT2D eigenvalue weighted by molar-refractivity contribution is -0.119. The Morgan fingerprint density at radius 1 is 1.00 bits per heavy atom. The van der Waals surface area contributed by atoms with Gasteiger partial charge in [0.2, 0.25) is 5.91 Å². The quantitative estimate of drug-likeness (QED) is 0.373. The SMILES string of the molecule is CN(C(=O)CN1CCN(CCN)CC1)c1ccc(N/C(=C2\C(=O)Nc3cc(Cl)ccc32)c2ccccc2)cc1. The number of likely N-dealkylation sites (N-methyl/N-ethyl adjacent to an activating group) is 1. The van der Waals surface area contributed by atoms with Crippen LogP contribution >= 0.6 is 11.6 Å². The zero-order valence-corrected chi connectivity index (χ0v) is 22.7. The van der Waals surface area contributed by atoms with E-state index < -0.39 is 0 Å². The predicted octanol–water partition coefficient (Wildman–Crippen LogP) is 3.81. The maximum Gasteiger partial charge on any atom is 0.258 e. The molecule has 0 aliphatic carbocycles. The summed E-state index contributed by atoms with van der Waals surface area (Å²) in [5.41, 5.74) is 10.9. The molecule has 5 rings (SSSR count). The van der Waals surface area contributed by atoms with Gasteiger partial charge in [0.15, 0.2) is 0 Å². The maximum absolute atomic E-state index is 13.1. The lowest BCUT2D eigenvalue weighted by atomic mass is 10.00. The van der Waals surface area contributed by atoms with Crippen molar-refractivity contribution in [3.05, 3.63) is 88.9 Å². The molecule has 0 atom stereocenters. The van der Waals surface area contributed by atoms with Gasteiger partial charge in [-0.25, -0.2) is 0 Å². The number of fused-ring (bicyclic) bond motifs is 1. The van der Waals surface area contributed by atoms with Gasteiger partial charge in [0.1, 0.15) is 0 Å². The molecule has 2 heterocycles. The van der Waals surface area contributed by atoms with Crippen molar-refractivity contribution in [2.24, 2.45) is 5.73 Å². The Morgan fingerprint density at radius 2 is 1.69 bits per heavy atom. The van der Waals surface area contributed by atoms with Gasteiger partial charge < -0.3 is 21.3 Å². The minimum absolute atomic E-state index is 0.0490. The van der Waals surface area contributed by atoms with Crippen molar-refractivity contribution in [2.45, 2.75) is 0 Å². The van der Waals surface area contributed by atoms with Gasteiger partial charge in [0.05, 0.1) is 23.5 Å². The highest BCUT2D eigenvalue weighted by Gasteiger charge is 2.28. The fourth-order valence-electron chi connectivity index (χ4n) is 4.98. The van der Waals surface area contributed by atoms with Crippen LogP contribution in [0.5, 0.6) is 0 Å². The van der Waals surface area contributed by atoms with Crippen molar-refractivity contribution in [1.29, 1.82) is 0 Å². The van der Waals surface area contributed by atoms with Crippen LogP contribution in [0.4, 0.5) is 17.1 Å². The molecule has 1 fully saturated rings. The molecule has 202 valence electrons. The summed E-state index contributed by atoms with van der Waals surface area (Å²) in [6, 6.07) is 22.8. The molecule has 2 amide bonds. The van der Waals surface area contributed by atoms with Crippen LogP contribution in [-0.2, 0) is 9.59 Å². The van der Waals surface area contributed by atoms with Gasteiger partial charge >= 0.3 is 0 Å². The normalized spacial score (nSPS) is 16.9. The minimum atomic E-state index is -0.190. The number of nitrogens with zero attached hydrogens (tertiary/aromatic N) is 3. The van der Waals surface area contributed by atoms with E-state index in [1.165, 1.54) is 0 Å². The molecule has 0 radical (unpaired) electrons. The van der Waals surface area contributed by atoms with Crippen molar-refractivity contribution in [3.8, 4) is 0 Å². The first-order chi connectivity index (χ1) is 18.9. The second kappa shape index (κ2) is 12.0. The van der Waals surface area contributed by atoms with E-state index in [1.807, 2.05) is 60.7 Å². The Hall–Kier alpha value is -3.69. The van der Waals surface area contributed by atoms with Crippen molar-refractivity contribution < 1.29 is 9.59 Å². The van der Waals surface area contributed by atoms with Gasteiger partial charge in [-0.05, 0) is 42.0 Å². The lowest BCUT2D eigenvalue weighted by Crippen LogP contribution is -2.50. The van der Waals surface area contributed by atoms with E-state index in [0.717, 1.165) is 55.2 Å². The van der Waals surface area contributed by atoms with Crippen molar-refractivity contribution >= 4 is 51.7 Å². The first-order valence-electron chi connectivity index (χ1n) is 13.1. The van der Waals surface area contributed by atoms with Gasteiger partial charge in [0, 0.05) is 68.3 Å². The second-order valence-electron chi connectivity index (χ2n) is 9.79. The van der Waals surface area contributed by atoms with Crippen LogP contribution in [0.15, 0.2) is 72.8 Å². The summed E-state index contributed by atoms with van der Waals surface area (Å²) in [6.45, 7) is 5.54. The van der Waals surface area contributed by atoms with Gasteiger partial charge in [-0.2, -0.15) is 0 Å². The third kappa shape index (κ3) is 6.15. The molecule has 8 nitrogen and oxygen atoms in total. The van der Waals surface area contributed by atoms with Gasteiger partial charge in [0.25, 0.3) is 5.91 Å². The number of rotatable bonds is 8. The van der Waals surface area contributed by atoms with E-state index in [1.54, 1.807) is 24.1 Å². The molecule has 9 heteroatoms. The first-order valence-corrected chi connectivity index (χ1v) is 13.5. The zero-order valence-electron chi connectivity index (χ0n) is 22.0. The van der Waals surface area contributed by atoms with E-state index in [4.69, 9.17) is 17.3 Å². The molecule has 0 unspecified atom stereocenters. The fraction of sp³-hybridized carbons (Fsp3) is 0.267. The van der Waals surface area contributed by atoms with Crippen LogP contribution in [0, 0.1) is 0 Å². The van der Waals surface area contributed by atoms with E-state index in [0.29, 0.717) is 35.1 Å². The summed E-state index contributed by atoms with van der Waals surface area (Å²) >= 11 is 6.16. The van der Waals surface area contributed by atoms with E-state index in [9.17, 15) is 9.59 Å². The summed E-state index contributed by atoms with van der Waals surface area (Å²) in [7, 11) is 1.80. The molecule has 0 bridgehead atoms. The van der Waals surface area contributed by atoms with E-state index >= 15 is 0 Å². The summed E-state index contributed by atoms with van der Waals surface area (Å²) in [4.78, 5) is 32.3. The van der Waals surface area contributed by atoms with Crippen LogP contribution in [-0.4, -0.2) is 74.5 Å². The number of nitrogens with one attached hydrogen (secondary N) is 2. The van der Waals surface area contributed by atoms with Crippen molar-refractivity contribution in [1.82, 2.24) is 9.80 Å². The third-order valence-corrected chi connectivity index (χ3v) is 7.44. The van der Waals surface area contributed by atoms with Crippen LogP contribution in [0.25, 0.3) is 11.3 Å². The number of nitrogens with two attached hydrogens (primary N) is 1. The van der Waals surface area contributed by atoms with Gasteiger partial charge in [-0.1, -0.05) is 48.0 Å². The zero-order chi connectivity index (χ0) is 27.4. The first kappa shape index (κ1) is 26.9. The molecule has 1 saturated heterocycles. The Bertz CT molecular complexity index is 1370. The Labute approximate surface area is 234 Å². The molecule has 2 aliphatic heterocycles. The molecule has 2 aliphatic rings. The van der Waals surface area contributed by atoms with Crippen molar-refractivity contribution in [3.63, 3.8) is 0 Å². The smallest absolute Gasteiger partial charge is 0.258 e. The van der Waals surface area contributed by atoms with E-state index in [-0.39, 0.29) is 11.8 Å². The predicted molar refractivity (Wildman–Crippen MR) is 159 cm³/mol. The van der Waals surface area contributed by atoms with Crippen LogP contribution in [0.2, 0.25) is 5.02 Å². The molecule has 39 heavy (non-hydrogen) atoms. The summed E-state index contributed by atoms with van der Waals surface area (Å²) < 4.78 is 0. The van der Waals surface area contributed by atoms with E-state index in [2.05, 4.69) is 20.4 Å². The molecule has 3 aromatic carbocycles. The lowest BCUT2D eigenvalue weighted by Gasteiger charge is -2.34. The second-order valence-corrected chi connectivity index (χ2v) is 10.2. The average Bonchev–Trinajstić information content (AvgIpc) is 3.27. The Kier molecular flexibility index (Phi) is 8.28. The standard InChI is InChI=1S/C30H33ClN6O2/c1-35(27(38)20-37-17-15-36(14-13-32)16-18-37)24-10-8-23(9-11-24)33-29(21-5-3-2-4-6-21)28-25-12-7-22(31)19-26(25)34-30(28)39/h2-12,19,33H,13-18,20,32H2,1H3,(H,34,39)/b29-28-. The highest BCUT2D eigenvalue weighted by molar-refractivity contribution is 6.38. The van der Waals surface area contributed by atoms with Crippen LogP contribution in [0.3, 0.4) is 0 Å². The van der Waals surface area contributed by atoms with Gasteiger partial charge in [-0.15, -0.1) is 0 Å². The molecule has 0 aromatic heterocycles. The summed E-state index contributed by atoms with van der Waals surface area (Å²) in [5, 5.41) is 6.95. The van der Waals surface area contributed by atoms with Crippen LogP contribution in [0.1, 0.15) is 11.1 Å². The monoisotopic (exact) mass is 544 g/mol. The van der Waals surface area contributed by atoms with Crippen molar-refractivity contribution in [2.75, 3.05) is 68.4 Å². The molecule has 3 aromatic rings. The number of anilines is 3. The van der Waals surface area contributed by atoms with Gasteiger partial charge in [-0.3, -0.25) is 19.4 Å². The number of hydrogen-bond acceptors (Lipinski definition) is 6. The third-order valence-electron chi connectivity index (χ3n) is 7.21. The number of carbonyl (C=O) groups is 2. The van der Waals surface area contributed by atoms with Crippen LogP contribution < -0.4 is 21.3 Å². The summed E-state index contributed by atoms with van der Waals surface area (Å²) in [5.74, 6) is -0.141. The number of halogens is 1. The Morgan fingerprint density at radius 3 is 2.38 bits per heavy atom. The topological polar surface area (TPSA) is 93.9 Å². The highest BCUT2D eigenvalue weighted by atomic mass is 35.5. The highest BCUT2D eigenvalue weighted by Crippen LogP contribution is 2.38. The molecule has 4 N–H and O–H groups in total. The number of hydrogen-bond donors (Lipinski definition) is 3. The number of carbonyl (C=O) groups excluding carboxylic acids is 2. The number of benzene rings is 3.